The number of anilines is 1. The van der Waals surface area contributed by atoms with E-state index in [1.54, 1.807) is 24.4 Å². The van der Waals surface area contributed by atoms with Crippen LogP contribution >= 0.6 is 0 Å². The van der Waals surface area contributed by atoms with E-state index in [9.17, 15) is 9.90 Å². The molecule has 1 aromatic heterocycles. The fourth-order valence-corrected chi connectivity index (χ4v) is 4.85. The van der Waals surface area contributed by atoms with Crippen LogP contribution in [0.5, 0.6) is 5.75 Å². The van der Waals surface area contributed by atoms with Gasteiger partial charge in [0, 0.05) is 38.3 Å². The Balaban J connectivity index is 1.11. The second-order valence-corrected chi connectivity index (χ2v) is 9.24. The van der Waals surface area contributed by atoms with Crippen molar-refractivity contribution in [2.24, 2.45) is 11.8 Å². The number of aromatic hydroxyl groups is 1. The largest absolute Gasteiger partial charge is 0.508 e. The van der Waals surface area contributed by atoms with Crippen molar-refractivity contribution in [3.63, 3.8) is 0 Å². The third kappa shape index (κ3) is 6.45. The molecule has 33 heavy (non-hydrogen) atoms. The van der Waals surface area contributed by atoms with Crippen molar-refractivity contribution in [1.29, 1.82) is 5.26 Å². The van der Waals surface area contributed by atoms with E-state index >= 15 is 0 Å². The Kier molecular flexibility index (Phi) is 7.79. The van der Waals surface area contributed by atoms with Crippen LogP contribution in [0, 0.1) is 23.2 Å². The number of carbonyl (C=O) groups excluding carboxylic acids is 1. The van der Waals surface area contributed by atoms with Gasteiger partial charge in [0.15, 0.2) is 0 Å². The van der Waals surface area contributed by atoms with Gasteiger partial charge in [-0.25, -0.2) is 4.98 Å². The van der Waals surface area contributed by atoms with Gasteiger partial charge in [0.25, 0.3) is 0 Å². The number of rotatable bonds is 7. The van der Waals surface area contributed by atoms with Crippen molar-refractivity contribution in [3.05, 3.63) is 53.7 Å². The summed E-state index contributed by atoms with van der Waals surface area (Å²) in [6, 6.07) is 13.2. The molecule has 0 saturated carbocycles. The summed E-state index contributed by atoms with van der Waals surface area (Å²) in [6.45, 7) is 5.49. The van der Waals surface area contributed by atoms with Crippen LogP contribution in [-0.4, -0.2) is 53.6 Å². The summed E-state index contributed by atoms with van der Waals surface area (Å²) in [4.78, 5) is 21.7. The highest BCUT2D eigenvalue weighted by Crippen LogP contribution is 2.24. The molecule has 4 rings (SSSR count). The minimum Gasteiger partial charge on any atom is -0.508 e. The number of piperidine rings is 2. The first-order chi connectivity index (χ1) is 16.1. The summed E-state index contributed by atoms with van der Waals surface area (Å²) >= 11 is 0. The predicted octanol–water partition coefficient (Wildman–Crippen LogP) is 3.29. The maximum Gasteiger partial charge on any atom is 0.223 e. The SMILES string of the molecule is N#Cc1ccc(N2CCC(C(=O)NCCC3CCN(Cc4ccc(O)cc4)CC3)CC2)nc1. The first kappa shape index (κ1) is 23.1. The van der Waals surface area contributed by atoms with Crippen LogP contribution in [0.2, 0.25) is 0 Å². The molecule has 3 heterocycles. The number of pyridine rings is 1. The summed E-state index contributed by atoms with van der Waals surface area (Å²) in [5.74, 6) is 2.13. The quantitative estimate of drug-likeness (QED) is 0.677. The van der Waals surface area contributed by atoms with Crippen LogP contribution < -0.4 is 10.2 Å². The molecule has 2 aromatic rings. The fraction of sp³-hybridized carbons (Fsp3) is 0.500. The van der Waals surface area contributed by atoms with Gasteiger partial charge < -0.3 is 15.3 Å². The van der Waals surface area contributed by atoms with E-state index in [-0.39, 0.29) is 11.8 Å². The molecule has 2 N–H and O–H groups in total. The van der Waals surface area contributed by atoms with Crippen LogP contribution in [0.1, 0.15) is 43.2 Å². The topological polar surface area (TPSA) is 92.5 Å². The van der Waals surface area contributed by atoms with Crippen LogP contribution in [0.3, 0.4) is 0 Å². The predicted molar refractivity (Wildman–Crippen MR) is 128 cm³/mol. The number of aromatic nitrogens is 1. The Hall–Kier alpha value is -3.11. The van der Waals surface area contributed by atoms with Gasteiger partial charge >= 0.3 is 0 Å². The molecule has 0 unspecified atom stereocenters. The normalized spacial score (nSPS) is 18.1. The van der Waals surface area contributed by atoms with Crippen molar-refractivity contribution in [1.82, 2.24) is 15.2 Å². The van der Waals surface area contributed by atoms with Crippen molar-refractivity contribution < 1.29 is 9.90 Å². The molecule has 0 atom stereocenters. The molecular weight excluding hydrogens is 414 g/mol. The lowest BCUT2D eigenvalue weighted by Crippen LogP contribution is -2.41. The molecule has 0 radical (unpaired) electrons. The van der Waals surface area contributed by atoms with E-state index in [0.29, 0.717) is 17.2 Å². The number of nitrogens with one attached hydrogen (secondary N) is 1. The van der Waals surface area contributed by atoms with Crippen molar-refractivity contribution in [2.75, 3.05) is 37.6 Å². The monoisotopic (exact) mass is 447 g/mol. The molecule has 174 valence electrons. The number of phenols is 1. The smallest absolute Gasteiger partial charge is 0.223 e. The molecule has 1 amide bonds. The average molecular weight is 448 g/mol. The highest BCUT2D eigenvalue weighted by molar-refractivity contribution is 5.78. The summed E-state index contributed by atoms with van der Waals surface area (Å²) in [6.07, 6.45) is 6.67. The highest BCUT2D eigenvalue weighted by Gasteiger charge is 2.26. The fourth-order valence-electron chi connectivity index (χ4n) is 4.85. The lowest BCUT2D eigenvalue weighted by Gasteiger charge is -2.33. The third-order valence-corrected chi connectivity index (χ3v) is 6.97. The van der Waals surface area contributed by atoms with E-state index in [1.807, 2.05) is 18.2 Å². The number of nitrogens with zero attached hydrogens (tertiary/aromatic N) is 4. The second-order valence-electron chi connectivity index (χ2n) is 9.24. The molecule has 2 saturated heterocycles. The molecule has 2 aliphatic rings. The van der Waals surface area contributed by atoms with Crippen molar-refractivity contribution >= 4 is 11.7 Å². The van der Waals surface area contributed by atoms with Gasteiger partial charge in [0.1, 0.15) is 17.6 Å². The minimum atomic E-state index is 0.0757. The number of carbonyl (C=O) groups is 1. The van der Waals surface area contributed by atoms with Gasteiger partial charge in [-0.15, -0.1) is 0 Å². The van der Waals surface area contributed by atoms with Gasteiger partial charge in [0.05, 0.1) is 5.56 Å². The Morgan fingerprint density at radius 1 is 1.06 bits per heavy atom. The zero-order valence-electron chi connectivity index (χ0n) is 19.1. The Morgan fingerprint density at radius 2 is 1.79 bits per heavy atom. The number of likely N-dealkylation sites (tertiary alicyclic amines) is 1. The molecular formula is C26H33N5O2. The summed E-state index contributed by atoms with van der Waals surface area (Å²) < 4.78 is 0. The lowest BCUT2D eigenvalue weighted by molar-refractivity contribution is -0.125. The van der Waals surface area contributed by atoms with Crippen molar-refractivity contribution in [2.45, 2.75) is 38.6 Å². The van der Waals surface area contributed by atoms with Crippen LogP contribution in [-0.2, 0) is 11.3 Å². The van der Waals surface area contributed by atoms with Crippen LogP contribution in [0.25, 0.3) is 0 Å². The number of amides is 1. The maximum atomic E-state index is 12.6. The molecule has 1 aromatic carbocycles. The van der Waals surface area contributed by atoms with Crippen LogP contribution in [0.15, 0.2) is 42.6 Å². The first-order valence-corrected chi connectivity index (χ1v) is 12.0. The second kappa shape index (κ2) is 11.2. The molecule has 2 fully saturated rings. The molecule has 0 spiro atoms. The van der Waals surface area contributed by atoms with E-state index in [2.05, 4.69) is 26.2 Å². The molecule has 7 heteroatoms. The van der Waals surface area contributed by atoms with E-state index in [1.165, 1.54) is 18.4 Å². The minimum absolute atomic E-state index is 0.0757. The number of benzene rings is 1. The zero-order valence-corrected chi connectivity index (χ0v) is 19.1. The van der Waals surface area contributed by atoms with Gasteiger partial charge in [-0.05, 0) is 80.9 Å². The standard InChI is InChI=1S/C26H33N5O2/c27-17-22-3-6-25(29-18-22)31-15-10-23(11-16-31)26(33)28-12-7-20-8-13-30(14-9-20)19-21-1-4-24(32)5-2-21/h1-6,18,20,23,32H,7-16,19H2,(H,28,33). The number of hydrogen-bond donors (Lipinski definition) is 2. The molecule has 0 aliphatic carbocycles. The number of nitriles is 1. The van der Waals surface area contributed by atoms with E-state index < -0.39 is 0 Å². The summed E-state index contributed by atoms with van der Waals surface area (Å²) in [5.41, 5.74) is 1.80. The summed E-state index contributed by atoms with van der Waals surface area (Å²) in [7, 11) is 0. The first-order valence-electron chi connectivity index (χ1n) is 12.0. The van der Waals surface area contributed by atoms with Gasteiger partial charge in [-0.1, -0.05) is 12.1 Å². The molecule has 0 bridgehead atoms. The Bertz CT molecular complexity index is 938. The highest BCUT2D eigenvalue weighted by atomic mass is 16.3. The Labute approximate surface area is 196 Å². The molecule has 7 nitrogen and oxygen atoms in total. The Morgan fingerprint density at radius 3 is 2.42 bits per heavy atom. The van der Waals surface area contributed by atoms with E-state index in [4.69, 9.17) is 5.26 Å². The van der Waals surface area contributed by atoms with Crippen LogP contribution in [0.4, 0.5) is 5.82 Å². The van der Waals surface area contributed by atoms with Gasteiger partial charge in [-0.2, -0.15) is 5.26 Å². The summed E-state index contributed by atoms with van der Waals surface area (Å²) in [5, 5.41) is 21.5. The molecule has 2 aliphatic heterocycles. The number of hydrogen-bond acceptors (Lipinski definition) is 6. The lowest BCUT2D eigenvalue weighted by atomic mass is 9.92. The van der Waals surface area contributed by atoms with Crippen molar-refractivity contribution in [3.8, 4) is 11.8 Å². The number of phenolic OH excluding ortho intramolecular Hbond substituents is 1. The van der Waals surface area contributed by atoms with Gasteiger partial charge in [0.2, 0.25) is 5.91 Å². The zero-order chi connectivity index (χ0) is 23.0. The van der Waals surface area contributed by atoms with Gasteiger partial charge in [-0.3, -0.25) is 9.69 Å². The third-order valence-electron chi connectivity index (χ3n) is 6.97. The average Bonchev–Trinajstić information content (AvgIpc) is 2.86. The van der Waals surface area contributed by atoms with E-state index in [0.717, 1.165) is 64.3 Å². The maximum absolute atomic E-state index is 12.6.